The van der Waals surface area contributed by atoms with Crippen LogP contribution in [-0.2, 0) is 0 Å². The largest absolute Gasteiger partial charge is 0.868 e. The maximum absolute atomic E-state index is 10.8. The zero-order valence-electron chi connectivity index (χ0n) is 7.17. The highest BCUT2D eigenvalue weighted by Crippen LogP contribution is 2.32. The van der Waals surface area contributed by atoms with Crippen LogP contribution in [0.15, 0.2) is 18.2 Å². The third-order valence-electron chi connectivity index (χ3n) is 1.36. The van der Waals surface area contributed by atoms with Gasteiger partial charge in [-0.1, -0.05) is 12.1 Å². The van der Waals surface area contributed by atoms with Crippen molar-refractivity contribution >= 4 is 11.4 Å². The Morgan fingerprint density at radius 1 is 1.07 bits per heavy atom. The number of hydrogen-bond donors (Lipinski definition) is 1. The summed E-state index contributed by atoms with van der Waals surface area (Å²) in [6.07, 6.45) is 0. The maximum Gasteiger partial charge on any atom is 0.345 e. The predicted octanol–water partition coefficient (Wildman–Crippen LogP) is 0.953. The summed E-state index contributed by atoms with van der Waals surface area (Å²) in [7, 11) is 0. The maximum atomic E-state index is 10.8. The summed E-state index contributed by atoms with van der Waals surface area (Å²) in [5.74, 6) is -0.959. The lowest BCUT2D eigenvalue weighted by atomic mass is 10.2. The van der Waals surface area contributed by atoms with Gasteiger partial charge >= 0.3 is 11.4 Å². The van der Waals surface area contributed by atoms with Crippen LogP contribution in [-0.4, -0.2) is 9.85 Å². The van der Waals surface area contributed by atoms with Crippen LogP contribution in [0.2, 0.25) is 0 Å². The highest BCUT2D eigenvalue weighted by molar-refractivity contribution is 5.60. The van der Waals surface area contributed by atoms with Gasteiger partial charge in [0.15, 0.2) is 0 Å². The van der Waals surface area contributed by atoms with Crippen molar-refractivity contribution in [1.29, 1.82) is 0 Å². The Hall–Kier alpha value is -2.22. The Morgan fingerprint density at radius 2 is 1.64 bits per heavy atom. The summed E-state index contributed by atoms with van der Waals surface area (Å²) in [6.45, 7) is 0. The monoisotopic (exact) mass is 201 g/mol. The Bertz CT molecular complexity index is 378. The Labute approximate surface area is 77.7 Å². The van der Waals surface area contributed by atoms with Gasteiger partial charge in [-0.15, -0.1) is 0 Å². The molecule has 0 atom stereocenters. The van der Waals surface area contributed by atoms with E-state index >= 15 is 0 Å². The van der Waals surface area contributed by atoms with E-state index in [0.29, 0.717) is 0 Å². The number of hydrogen-bond acceptors (Lipinski definition) is 5. The molecule has 1 aromatic rings. The molecule has 0 fully saturated rings. The van der Waals surface area contributed by atoms with Gasteiger partial charge in [0.25, 0.3) is 0 Å². The van der Waals surface area contributed by atoms with Gasteiger partial charge in [-0.2, -0.15) is 0 Å². The molecule has 14 heavy (non-hydrogen) atoms. The Kier molecular flexibility index (Phi) is 3.48. The van der Waals surface area contributed by atoms with Crippen molar-refractivity contribution in [3.05, 3.63) is 38.4 Å². The first kappa shape index (κ1) is 11.8. The average Bonchev–Trinajstić information content (AvgIpc) is 2.02. The van der Waals surface area contributed by atoms with E-state index in [-0.39, 0.29) is 6.15 Å². The van der Waals surface area contributed by atoms with E-state index in [9.17, 15) is 25.3 Å². The van der Waals surface area contributed by atoms with Gasteiger partial charge < -0.3 is 11.3 Å². The fraction of sp³-hybridized carbons (Fsp3) is 0. The molecule has 8 heteroatoms. The van der Waals surface area contributed by atoms with E-state index in [2.05, 4.69) is 0 Å². The van der Waals surface area contributed by atoms with E-state index in [0.717, 1.165) is 18.2 Å². The number of quaternary nitrogens is 1. The molecule has 8 nitrogen and oxygen atoms in total. The number of benzene rings is 1. The first-order valence-corrected chi connectivity index (χ1v) is 3.13. The smallest absolute Gasteiger partial charge is 0.345 e. The van der Waals surface area contributed by atoms with Gasteiger partial charge in [0, 0.05) is 6.07 Å². The van der Waals surface area contributed by atoms with Crippen LogP contribution < -0.4 is 11.3 Å². The number of para-hydroxylation sites is 1. The molecular formula is C6H7N3O5. The molecule has 0 bridgehead atoms. The lowest BCUT2D eigenvalue weighted by Crippen LogP contribution is -2.01. The molecule has 0 spiro atoms. The molecule has 0 aromatic heterocycles. The minimum Gasteiger partial charge on any atom is -0.868 e. The van der Waals surface area contributed by atoms with Crippen LogP contribution in [0, 0.1) is 20.2 Å². The molecule has 0 aliphatic heterocycles. The number of nitrogens with zero attached hydrogens (tertiary/aromatic N) is 2. The summed E-state index contributed by atoms with van der Waals surface area (Å²) >= 11 is 0. The lowest BCUT2D eigenvalue weighted by Gasteiger charge is -2.04. The molecule has 0 amide bonds. The van der Waals surface area contributed by atoms with Gasteiger partial charge in [-0.05, 0) is 5.75 Å². The number of nitro benzene ring substituents is 2. The standard InChI is InChI=1S/C6H4N2O5.H3N/c9-5-3-1-2-4(7(10)11)6(5)8(12)13;/h1-3,9H;1H3. The fourth-order valence-electron chi connectivity index (χ4n) is 0.842. The van der Waals surface area contributed by atoms with Crippen LogP contribution in [0.5, 0.6) is 5.75 Å². The second-order valence-electron chi connectivity index (χ2n) is 2.14. The summed E-state index contributed by atoms with van der Waals surface area (Å²) < 4.78 is 0. The van der Waals surface area contributed by atoms with Crippen LogP contribution in [0.3, 0.4) is 0 Å². The molecule has 76 valence electrons. The molecule has 0 heterocycles. The molecule has 4 N–H and O–H groups in total. The highest BCUT2D eigenvalue weighted by Gasteiger charge is 2.23. The van der Waals surface area contributed by atoms with E-state index in [1.807, 2.05) is 0 Å². The van der Waals surface area contributed by atoms with Crippen LogP contribution in [0.25, 0.3) is 0 Å². The zero-order chi connectivity index (χ0) is 10.0. The molecule has 0 unspecified atom stereocenters. The molecule has 0 radical (unpaired) electrons. The van der Waals surface area contributed by atoms with Crippen molar-refractivity contribution in [2.45, 2.75) is 0 Å². The number of rotatable bonds is 2. The lowest BCUT2D eigenvalue weighted by molar-refractivity contribution is -0.429. The molecular weight excluding hydrogens is 194 g/mol. The third kappa shape index (κ3) is 1.93. The van der Waals surface area contributed by atoms with E-state index < -0.39 is 27.0 Å². The van der Waals surface area contributed by atoms with E-state index in [1.165, 1.54) is 0 Å². The molecule has 1 aromatic carbocycles. The van der Waals surface area contributed by atoms with Crippen molar-refractivity contribution in [2.24, 2.45) is 0 Å². The minimum absolute atomic E-state index is 0. The van der Waals surface area contributed by atoms with Crippen molar-refractivity contribution in [1.82, 2.24) is 6.15 Å². The van der Waals surface area contributed by atoms with Crippen molar-refractivity contribution in [3.63, 3.8) is 0 Å². The molecule has 0 aliphatic rings. The first-order chi connectivity index (χ1) is 6.04. The Morgan fingerprint density at radius 3 is 2.00 bits per heavy atom. The molecule has 1 rings (SSSR count). The molecule has 0 saturated carbocycles. The Balaban J connectivity index is 0.00000169. The van der Waals surface area contributed by atoms with Crippen molar-refractivity contribution in [3.8, 4) is 5.75 Å². The highest BCUT2D eigenvalue weighted by atomic mass is 16.6. The predicted molar refractivity (Wildman–Crippen MR) is 45.2 cm³/mol. The summed E-state index contributed by atoms with van der Waals surface area (Å²) in [6, 6.07) is 2.93. The quantitative estimate of drug-likeness (QED) is 0.558. The third-order valence-corrected chi connectivity index (χ3v) is 1.36. The van der Waals surface area contributed by atoms with Gasteiger partial charge in [0.1, 0.15) is 0 Å². The SMILES string of the molecule is O=[N+]([O-])c1cccc([O-])c1[N+](=O)[O-].[NH4+]. The topological polar surface area (TPSA) is 146 Å². The van der Waals surface area contributed by atoms with Crippen molar-refractivity contribution in [2.75, 3.05) is 0 Å². The number of nitro groups is 2. The fourth-order valence-corrected chi connectivity index (χ4v) is 0.842. The van der Waals surface area contributed by atoms with Gasteiger partial charge in [0.05, 0.1) is 9.85 Å². The second-order valence-corrected chi connectivity index (χ2v) is 2.14. The van der Waals surface area contributed by atoms with Gasteiger partial charge in [0.2, 0.25) is 0 Å². The summed E-state index contributed by atoms with van der Waals surface area (Å²) in [5, 5.41) is 31.3. The normalized spacial score (nSPS) is 8.86. The van der Waals surface area contributed by atoms with Crippen LogP contribution in [0.1, 0.15) is 0 Å². The van der Waals surface area contributed by atoms with Gasteiger partial charge in [-0.3, -0.25) is 20.2 Å². The van der Waals surface area contributed by atoms with Crippen LogP contribution >= 0.6 is 0 Å². The molecule has 0 aliphatic carbocycles. The summed E-state index contributed by atoms with van der Waals surface area (Å²) in [4.78, 5) is 18.5. The summed E-state index contributed by atoms with van der Waals surface area (Å²) in [5.41, 5.74) is -1.77. The van der Waals surface area contributed by atoms with Crippen LogP contribution in [0.4, 0.5) is 11.4 Å². The molecule has 0 saturated heterocycles. The average molecular weight is 201 g/mol. The van der Waals surface area contributed by atoms with E-state index in [1.54, 1.807) is 0 Å². The van der Waals surface area contributed by atoms with Crippen molar-refractivity contribution < 1.29 is 15.0 Å². The minimum atomic E-state index is -1.06. The van der Waals surface area contributed by atoms with E-state index in [4.69, 9.17) is 0 Å². The zero-order valence-corrected chi connectivity index (χ0v) is 7.17. The second kappa shape index (κ2) is 4.14. The first-order valence-electron chi connectivity index (χ1n) is 3.13. The van der Waals surface area contributed by atoms with Gasteiger partial charge in [-0.25, -0.2) is 0 Å².